The number of phenolic OH excluding ortho intramolecular Hbond substituents is 1. The average molecular weight is 322 g/mol. The number of hydrogen-bond acceptors (Lipinski definition) is 4. The number of aromatic nitrogens is 3. The molecule has 1 fully saturated rings. The molecule has 6 nitrogen and oxygen atoms in total. The summed E-state index contributed by atoms with van der Waals surface area (Å²) in [6.45, 7) is 1.28. The molecule has 1 atom stereocenters. The first-order valence-corrected chi connectivity index (χ1v) is 8.11. The Morgan fingerprint density at radius 3 is 2.83 bits per heavy atom. The molecule has 2 aromatic heterocycles. The molecule has 1 aliphatic rings. The van der Waals surface area contributed by atoms with Gasteiger partial charge in [-0.2, -0.15) is 0 Å². The molecule has 6 heteroatoms. The van der Waals surface area contributed by atoms with Crippen LogP contribution in [-0.4, -0.2) is 43.6 Å². The lowest BCUT2D eigenvalue weighted by Gasteiger charge is -2.32. The molecule has 0 spiro atoms. The third-order valence-electron chi connectivity index (χ3n) is 4.55. The van der Waals surface area contributed by atoms with Crippen LogP contribution in [0.4, 0.5) is 0 Å². The molecular weight excluding hydrogens is 304 g/mol. The Hall–Kier alpha value is -2.89. The second-order valence-corrected chi connectivity index (χ2v) is 6.09. The number of fused-ring (bicyclic) bond motifs is 1. The quantitative estimate of drug-likeness (QED) is 0.787. The molecule has 24 heavy (non-hydrogen) atoms. The van der Waals surface area contributed by atoms with Gasteiger partial charge in [-0.1, -0.05) is 18.2 Å². The lowest BCUT2D eigenvalue weighted by molar-refractivity contribution is 0.0701. The minimum Gasteiger partial charge on any atom is -0.507 e. The van der Waals surface area contributed by atoms with E-state index in [-0.39, 0.29) is 17.6 Å². The molecule has 3 heterocycles. The monoisotopic (exact) mass is 322 g/mol. The SMILES string of the molecule is O=C(c1ccccc1O)N1CCCC(c2nnc3ccccn23)C1. The molecule has 122 valence electrons. The third kappa shape index (κ3) is 2.50. The van der Waals surface area contributed by atoms with E-state index in [2.05, 4.69) is 10.2 Å². The molecule has 1 amide bonds. The summed E-state index contributed by atoms with van der Waals surface area (Å²) in [5.41, 5.74) is 1.17. The van der Waals surface area contributed by atoms with Crippen molar-refractivity contribution in [2.45, 2.75) is 18.8 Å². The van der Waals surface area contributed by atoms with Crippen LogP contribution < -0.4 is 0 Å². The van der Waals surface area contributed by atoms with Crippen LogP contribution in [0, 0.1) is 0 Å². The fourth-order valence-corrected chi connectivity index (χ4v) is 3.34. The Bertz CT molecular complexity index is 889. The Morgan fingerprint density at radius 1 is 1.12 bits per heavy atom. The fraction of sp³-hybridized carbons (Fsp3) is 0.278. The maximum absolute atomic E-state index is 12.7. The van der Waals surface area contributed by atoms with E-state index < -0.39 is 0 Å². The second-order valence-electron chi connectivity index (χ2n) is 6.09. The van der Waals surface area contributed by atoms with E-state index in [1.54, 1.807) is 29.2 Å². The highest BCUT2D eigenvalue weighted by atomic mass is 16.3. The van der Waals surface area contributed by atoms with Crippen molar-refractivity contribution in [2.24, 2.45) is 0 Å². The van der Waals surface area contributed by atoms with Gasteiger partial charge in [0.1, 0.15) is 11.6 Å². The summed E-state index contributed by atoms with van der Waals surface area (Å²) in [6.07, 6.45) is 3.83. The van der Waals surface area contributed by atoms with Gasteiger partial charge in [0.05, 0.1) is 5.56 Å². The number of para-hydroxylation sites is 1. The van der Waals surface area contributed by atoms with E-state index in [4.69, 9.17) is 0 Å². The Morgan fingerprint density at radius 2 is 1.96 bits per heavy atom. The first-order valence-electron chi connectivity index (χ1n) is 8.11. The van der Waals surface area contributed by atoms with Gasteiger partial charge in [-0.3, -0.25) is 9.20 Å². The summed E-state index contributed by atoms with van der Waals surface area (Å²) >= 11 is 0. The zero-order chi connectivity index (χ0) is 16.5. The second kappa shape index (κ2) is 5.96. The van der Waals surface area contributed by atoms with Crippen molar-refractivity contribution in [2.75, 3.05) is 13.1 Å². The van der Waals surface area contributed by atoms with Crippen molar-refractivity contribution in [3.05, 3.63) is 60.0 Å². The number of nitrogens with zero attached hydrogens (tertiary/aromatic N) is 4. The number of benzene rings is 1. The largest absolute Gasteiger partial charge is 0.507 e. The Balaban J connectivity index is 1.60. The number of amides is 1. The van der Waals surface area contributed by atoms with Gasteiger partial charge in [0.15, 0.2) is 5.65 Å². The summed E-state index contributed by atoms with van der Waals surface area (Å²) < 4.78 is 1.98. The van der Waals surface area contributed by atoms with Crippen LogP contribution in [0.15, 0.2) is 48.7 Å². The molecule has 1 unspecified atom stereocenters. The van der Waals surface area contributed by atoms with Gasteiger partial charge in [0, 0.05) is 25.2 Å². The average Bonchev–Trinajstić information content (AvgIpc) is 3.06. The summed E-state index contributed by atoms with van der Waals surface area (Å²) in [5.74, 6) is 0.926. The molecular formula is C18H18N4O2. The minimum atomic E-state index is -0.133. The van der Waals surface area contributed by atoms with E-state index in [0.717, 1.165) is 24.3 Å². The van der Waals surface area contributed by atoms with Crippen molar-refractivity contribution in [1.82, 2.24) is 19.5 Å². The lowest BCUT2D eigenvalue weighted by atomic mass is 9.96. The van der Waals surface area contributed by atoms with Gasteiger partial charge in [-0.15, -0.1) is 10.2 Å². The summed E-state index contributed by atoms with van der Waals surface area (Å²) in [5, 5.41) is 18.5. The van der Waals surface area contributed by atoms with Crippen LogP contribution in [0.2, 0.25) is 0 Å². The molecule has 0 radical (unpaired) electrons. The first kappa shape index (κ1) is 14.7. The van der Waals surface area contributed by atoms with Gasteiger partial charge in [0.2, 0.25) is 0 Å². The third-order valence-corrected chi connectivity index (χ3v) is 4.55. The van der Waals surface area contributed by atoms with Gasteiger partial charge in [-0.05, 0) is 37.1 Å². The lowest BCUT2D eigenvalue weighted by Crippen LogP contribution is -2.39. The van der Waals surface area contributed by atoms with Crippen LogP contribution >= 0.6 is 0 Å². The van der Waals surface area contributed by atoms with Crippen LogP contribution in [0.5, 0.6) is 5.75 Å². The maximum atomic E-state index is 12.7. The maximum Gasteiger partial charge on any atom is 0.257 e. The number of pyridine rings is 1. The van der Waals surface area contributed by atoms with Crippen molar-refractivity contribution in [3.63, 3.8) is 0 Å². The summed E-state index contributed by atoms with van der Waals surface area (Å²) in [6, 6.07) is 12.5. The summed E-state index contributed by atoms with van der Waals surface area (Å²) in [4.78, 5) is 14.5. The van der Waals surface area contributed by atoms with E-state index in [0.29, 0.717) is 18.7 Å². The van der Waals surface area contributed by atoms with E-state index in [9.17, 15) is 9.90 Å². The fourth-order valence-electron chi connectivity index (χ4n) is 3.34. The predicted molar refractivity (Wildman–Crippen MR) is 89.0 cm³/mol. The standard InChI is InChI=1S/C18H18N4O2/c23-15-8-2-1-7-14(15)18(24)21-10-5-6-13(12-21)17-20-19-16-9-3-4-11-22(16)17/h1-4,7-9,11,13,23H,5-6,10,12H2. The van der Waals surface area contributed by atoms with Crippen LogP contribution in [0.3, 0.4) is 0 Å². The van der Waals surface area contributed by atoms with Gasteiger partial charge in [-0.25, -0.2) is 0 Å². The van der Waals surface area contributed by atoms with E-state index in [1.165, 1.54) is 0 Å². The van der Waals surface area contributed by atoms with Gasteiger partial charge >= 0.3 is 0 Å². The Labute approximate surface area is 139 Å². The zero-order valence-electron chi connectivity index (χ0n) is 13.2. The highest BCUT2D eigenvalue weighted by Crippen LogP contribution is 2.28. The number of rotatable bonds is 2. The van der Waals surface area contributed by atoms with Gasteiger partial charge < -0.3 is 10.0 Å². The minimum absolute atomic E-state index is 0.0255. The van der Waals surface area contributed by atoms with Crippen LogP contribution in [0.25, 0.3) is 5.65 Å². The molecule has 1 aromatic carbocycles. The van der Waals surface area contributed by atoms with Crippen molar-refractivity contribution in [1.29, 1.82) is 0 Å². The number of carbonyl (C=O) groups is 1. The number of aromatic hydroxyl groups is 1. The molecule has 1 saturated heterocycles. The topological polar surface area (TPSA) is 70.7 Å². The molecule has 1 N–H and O–H groups in total. The predicted octanol–water partition coefficient (Wildman–Crippen LogP) is 2.45. The van der Waals surface area contributed by atoms with E-state index in [1.807, 2.05) is 28.8 Å². The molecule has 0 bridgehead atoms. The van der Waals surface area contributed by atoms with Crippen LogP contribution in [0.1, 0.15) is 34.9 Å². The molecule has 4 rings (SSSR count). The van der Waals surface area contributed by atoms with Crippen molar-refractivity contribution < 1.29 is 9.90 Å². The normalized spacial score (nSPS) is 18.0. The highest BCUT2D eigenvalue weighted by Gasteiger charge is 2.29. The molecule has 1 aliphatic heterocycles. The Kier molecular flexibility index (Phi) is 3.65. The number of hydrogen-bond donors (Lipinski definition) is 1. The van der Waals surface area contributed by atoms with Gasteiger partial charge in [0.25, 0.3) is 5.91 Å². The smallest absolute Gasteiger partial charge is 0.257 e. The van der Waals surface area contributed by atoms with Crippen molar-refractivity contribution in [3.8, 4) is 5.75 Å². The number of carbonyl (C=O) groups excluding carboxylic acids is 1. The molecule has 0 saturated carbocycles. The summed E-state index contributed by atoms with van der Waals surface area (Å²) in [7, 11) is 0. The number of likely N-dealkylation sites (tertiary alicyclic amines) is 1. The van der Waals surface area contributed by atoms with Crippen LogP contribution in [-0.2, 0) is 0 Å². The zero-order valence-corrected chi connectivity index (χ0v) is 13.2. The molecule has 3 aromatic rings. The van der Waals surface area contributed by atoms with E-state index >= 15 is 0 Å². The number of piperidine rings is 1. The highest BCUT2D eigenvalue weighted by molar-refractivity contribution is 5.96. The first-order chi connectivity index (χ1) is 11.7. The number of phenols is 1. The van der Waals surface area contributed by atoms with Crippen molar-refractivity contribution >= 4 is 11.6 Å². The molecule has 0 aliphatic carbocycles.